The largest absolute Gasteiger partial charge is 0.238 e. The van der Waals surface area contributed by atoms with Gasteiger partial charge in [-0.25, -0.2) is 18.4 Å². The fourth-order valence-electron chi connectivity index (χ4n) is 2.43. The first-order chi connectivity index (χ1) is 7.94. The highest BCUT2D eigenvalue weighted by atomic mass is 32.2. The van der Waals surface area contributed by atoms with Crippen molar-refractivity contribution in [2.45, 2.75) is 33.1 Å². The van der Waals surface area contributed by atoms with Crippen LogP contribution in [0, 0.1) is 19.8 Å². The van der Waals surface area contributed by atoms with E-state index in [1.807, 2.05) is 19.9 Å². The van der Waals surface area contributed by atoms with Gasteiger partial charge in [0.25, 0.3) is 0 Å². The van der Waals surface area contributed by atoms with E-state index in [0.29, 0.717) is 17.9 Å². The Morgan fingerprint density at radius 1 is 1.29 bits per heavy atom. The lowest BCUT2D eigenvalue weighted by atomic mass is 10.0. The lowest BCUT2D eigenvalue weighted by Gasteiger charge is -2.21. The van der Waals surface area contributed by atoms with Gasteiger partial charge in [-0.05, 0) is 38.7 Å². The predicted molar refractivity (Wildman–Crippen MR) is 66.6 cm³/mol. The fourth-order valence-corrected chi connectivity index (χ4v) is 4.20. The van der Waals surface area contributed by atoms with Gasteiger partial charge in [-0.1, -0.05) is 0 Å². The number of sulfone groups is 1. The molecule has 1 atom stereocenters. The van der Waals surface area contributed by atoms with Crippen LogP contribution in [0.25, 0.3) is 0 Å². The third-order valence-corrected chi connectivity index (χ3v) is 4.95. The van der Waals surface area contributed by atoms with Gasteiger partial charge in [-0.3, -0.25) is 0 Å². The first kappa shape index (κ1) is 12.5. The normalized spacial score (nSPS) is 23.5. The predicted octanol–water partition coefficient (Wildman–Crippen LogP) is 1.46. The highest BCUT2D eigenvalue weighted by Crippen LogP contribution is 2.21. The van der Waals surface area contributed by atoms with Crippen molar-refractivity contribution >= 4 is 9.84 Å². The molecule has 1 aliphatic rings. The molecule has 1 aromatic heterocycles. The molecule has 0 saturated carbocycles. The third kappa shape index (κ3) is 3.49. The molecule has 0 N–H and O–H groups in total. The molecule has 1 aliphatic heterocycles. The van der Waals surface area contributed by atoms with Gasteiger partial charge in [-0.15, -0.1) is 0 Å². The van der Waals surface area contributed by atoms with Crippen LogP contribution in [0.15, 0.2) is 6.07 Å². The molecule has 0 spiro atoms. The number of aryl methyl sites for hydroxylation is 2. The van der Waals surface area contributed by atoms with Crippen molar-refractivity contribution in [1.82, 2.24) is 9.97 Å². The van der Waals surface area contributed by atoms with Crippen LogP contribution in [0.4, 0.5) is 0 Å². The molecule has 5 heteroatoms. The Balaban J connectivity index is 2.10. The second-order valence-electron chi connectivity index (χ2n) is 4.89. The smallest absolute Gasteiger partial charge is 0.150 e. The van der Waals surface area contributed by atoms with Crippen molar-refractivity contribution in [3.8, 4) is 0 Å². The molecule has 1 saturated heterocycles. The minimum Gasteiger partial charge on any atom is -0.238 e. The monoisotopic (exact) mass is 254 g/mol. The van der Waals surface area contributed by atoms with Gasteiger partial charge in [0, 0.05) is 17.8 Å². The maximum atomic E-state index is 11.5. The van der Waals surface area contributed by atoms with Gasteiger partial charge < -0.3 is 0 Å². The van der Waals surface area contributed by atoms with Crippen LogP contribution in [0.5, 0.6) is 0 Å². The summed E-state index contributed by atoms with van der Waals surface area (Å²) in [6, 6.07) is 1.93. The Bertz CT molecular complexity index is 491. The first-order valence-corrected chi connectivity index (χ1v) is 7.78. The molecule has 2 rings (SSSR count). The second-order valence-corrected chi connectivity index (χ2v) is 7.12. The second kappa shape index (κ2) is 4.72. The van der Waals surface area contributed by atoms with Crippen LogP contribution in [0.1, 0.15) is 30.1 Å². The maximum absolute atomic E-state index is 11.5. The highest BCUT2D eigenvalue weighted by molar-refractivity contribution is 7.91. The molecule has 17 heavy (non-hydrogen) atoms. The van der Waals surface area contributed by atoms with E-state index in [1.165, 1.54) is 0 Å². The average Bonchev–Trinajstić information content (AvgIpc) is 2.13. The summed E-state index contributed by atoms with van der Waals surface area (Å²) in [5.41, 5.74) is 1.90. The van der Waals surface area contributed by atoms with Crippen LogP contribution in [0.3, 0.4) is 0 Å². The summed E-state index contributed by atoms with van der Waals surface area (Å²) < 4.78 is 23.1. The summed E-state index contributed by atoms with van der Waals surface area (Å²) in [4.78, 5) is 8.74. The van der Waals surface area contributed by atoms with Crippen LogP contribution in [-0.2, 0) is 16.3 Å². The van der Waals surface area contributed by atoms with Gasteiger partial charge in [0.05, 0.1) is 11.5 Å². The minimum absolute atomic E-state index is 0.190. The van der Waals surface area contributed by atoms with Crippen LogP contribution in [0.2, 0.25) is 0 Å². The van der Waals surface area contributed by atoms with Gasteiger partial charge in [-0.2, -0.15) is 0 Å². The summed E-state index contributed by atoms with van der Waals surface area (Å²) in [7, 11) is -2.83. The Hall–Kier alpha value is -0.970. The van der Waals surface area contributed by atoms with E-state index in [-0.39, 0.29) is 5.92 Å². The summed E-state index contributed by atoms with van der Waals surface area (Å²) in [6.45, 7) is 3.88. The van der Waals surface area contributed by atoms with E-state index in [9.17, 15) is 8.42 Å². The van der Waals surface area contributed by atoms with Crippen molar-refractivity contribution in [2.24, 2.45) is 5.92 Å². The molecule has 0 amide bonds. The Kier molecular flexibility index (Phi) is 3.47. The minimum atomic E-state index is -2.83. The lowest BCUT2D eigenvalue weighted by Crippen LogP contribution is -2.27. The van der Waals surface area contributed by atoms with E-state index < -0.39 is 9.84 Å². The van der Waals surface area contributed by atoms with E-state index in [0.717, 1.165) is 30.1 Å². The number of nitrogens with zero attached hydrogens (tertiary/aromatic N) is 2. The van der Waals surface area contributed by atoms with E-state index >= 15 is 0 Å². The van der Waals surface area contributed by atoms with Crippen LogP contribution in [-0.4, -0.2) is 29.9 Å². The van der Waals surface area contributed by atoms with Crippen molar-refractivity contribution < 1.29 is 8.42 Å². The topological polar surface area (TPSA) is 59.9 Å². The third-order valence-electron chi connectivity index (χ3n) is 3.06. The molecule has 4 nitrogen and oxygen atoms in total. The number of hydrogen-bond acceptors (Lipinski definition) is 4. The zero-order valence-electron chi connectivity index (χ0n) is 10.3. The molecule has 0 aliphatic carbocycles. The van der Waals surface area contributed by atoms with Crippen molar-refractivity contribution in [3.63, 3.8) is 0 Å². The molecule has 0 aromatic carbocycles. The number of hydrogen-bond donors (Lipinski definition) is 0. The summed E-state index contributed by atoms with van der Waals surface area (Å²) >= 11 is 0. The molecular weight excluding hydrogens is 236 g/mol. The summed E-state index contributed by atoms with van der Waals surface area (Å²) in [5.74, 6) is 1.61. The Labute approximate surface area is 102 Å². The lowest BCUT2D eigenvalue weighted by molar-refractivity contribution is 0.474. The standard InChI is InChI=1S/C12H18N2O2S/c1-9-6-10(2)14-12(13-9)7-11-4-3-5-17(15,16)8-11/h6,11H,3-5,7-8H2,1-2H3. The first-order valence-electron chi connectivity index (χ1n) is 5.96. The summed E-state index contributed by atoms with van der Waals surface area (Å²) in [5, 5.41) is 0. The molecule has 1 aromatic rings. The van der Waals surface area contributed by atoms with E-state index in [2.05, 4.69) is 9.97 Å². The molecule has 1 fully saturated rings. The molecule has 2 heterocycles. The maximum Gasteiger partial charge on any atom is 0.150 e. The zero-order valence-corrected chi connectivity index (χ0v) is 11.1. The molecule has 0 bridgehead atoms. The molecule has 94 valence electrons. The van der Waals surface area contributed by atoms with E-state index in [4.69, 9.17) is 0 Å². The van der Waals surface area contributed by atoms with Crippen molar-refractivity contribution in [1.29, 1.82) is 0 Å². The fraction of sp³-hybridized carbons (Fsp3) is 0.667. The quantitative estimate of drug-likeness (QED) is 0.801. The Morgan fingerprint density at radius 2 is 1.94 bits per heavy atom. The number of aromatic nitrogens is 2. The van der Waals surface area contributed by atoms with Crippen molar-refractivity contribution in [2.75, 3.05) is 11.5 Å². The van der Waals surface area contributed by atoms with Crippen LogP contribution < -0.4 is 0 Å². The number of rotatable bonds is 2. The Morgan fingerprint density at radius 3 is 2.53 bits per heavy atom. The SMILES string of the molecule is Cc1cc(C)nc(CC2CCCS(=O)(=O)C2)n1. The van der Waals surface area contributed by atoms with Gasteiger partial charge in [0.1, 0.15) is 5.82 Å². The summed E-state index contributed by atoms with van der Waals surface area (Å²) in [6.07, 6.45) is 2.43. The average molecular weight is 254 g/mol. The van der Waals surface area contributed by atoms with E-state index in [1.54, 1.807) is 0 Å². The van der Waals surface area contributed by atoms with Gasteiger partial charge in [0.15, 0.2) is 9.84 Å². The van der Waals surface area contributed by atoms with Crippen LogP contribution >= 0.6 is 0 Å². The van der Waals surface area contributed by atoms with Gasteiger partial charge >= 0.3 is 0 Å². The van der Waals surface area contributed by atoms with Crippen molar-refractivity contribution in [3.05, 3.63) is 23.3 Å². The molecule has 0 radical (unpaired) electrons. The zero-order chi connectivity index (χ0) is 12.5. The highest BCUT2D eigenvalue weighted by Gasteiger charge is 2.25. The molecular formula is C12H18N2O2S. The van der Waals surface area contributed by atoms with Gasteiger partial charge in [0.2, 0.25) is 0 Å². The molecule has 1 unspecified atom stereocenters.